The number of amides is 2. The quantitative estimate of drug-likeness (QED) is 0.545. The highest BCUT2D eigenvalue weighted by Gasteiger charge is 2.37. The van der Waals surface area contributed by atoms with Crippen molar-refractivity contribution in [2.45, 2.75) is 19.5 Å². The lowest BCUT2D eigenvalue weighted by atomic mass is 9.94. The van der Waals surface area contributed by atoms with Gasteiger partial charge in [0.1, 0.15) is 18.2 Å². The number of carbonyl (C=O) groups excluding carboxylic acids is 2. The second-order valence-corrected chi connectivity index (χ2v) is 7.37. The third-order valence-electron chi connectivity index (χ3n) is 4.50. The molecule has 1 N–H and O–H groups in total. The molecule has 1 atom stereocenters. The van der Waals surface area contributed by atoms with Crippen molar-refractivity contribution in [2.24, 2.45) is 0 Å². The van der Waals surface area contributed by atoms with E-state index in [1.54, 1.807) is 6.92 Å². The number of hydrogen-bond donors (Lipinski definition) is 1. The van der Waals surface area contributed by atoms with Crippen molar-refractivity contribution >= 4 is 23.3 Å². The van der Waals surface area contributed by atoms with Gasteiger partial charge in [0.2, 0.25) is 0 Å². The molecule has 1 aromatic carbocycles. The van der Waals surface area contributed by atoms with Crippen LogP contribution in [0.15, 0.2) is 47.0 Å². The van der Waals surface area contributed by atoms with Crippen LogP contribution in [-0.2, 0) is 20.8 Å². The van der Waals surface area contributed by atoms with Crippen LogP contribution in [0.3, 0.4) is 0 Å². The SMILES string of the molecule is COCCOC(=O)C1=C(C)N(Cc2cccs2)C(=O)NC1c1ccc(F)cc1F. The van der Waals surface area contributed by atoms with E-state index in [2.05, 4.69) is 5.32 Å². The first-order valence-electron chi connectivity index (χ1n) is 8.84. The molecule has 0 aliphatic carbocycles. The molecule has 0 radical (unpaired) electrons. The van der Waals surface area contributed by atoms with Crippen LogP contribution in [-0.4, -0.2) is 37.2 Å². The van der Waals surface area contributed by atoms with Gasteiger partial charge < -0.3 is 14.8 Å². The van der Waals surface area contributed by atoms with E-state index in [0.29, 0.717) is 11.8 Å². The Hall–Kier alpha value is -2.78. The van der Waals surface area contributed by atoms with Crippen LogP contribution >= 0.6 is 11.3 Å². The van der Waals surface area contributed by atoms with Crippen molar-refractivity contribution in [3.05, 3.63) is 69.1 Å². The summed E-state index contributed by atoms with van der Waals surface area (Å²) in [7, 11) is 1.47. The number of allylic oxidation sites excluding steroid dienone is 1. The topological polar surface area (TPSA) is 67.9 Å². The van der Waals surface area contributed by atoms with Gasteiger partial charge in [-0.05, 0) is 24.4 Å². The zero-order valence-electron chi connectivity index (χ0n) is 15.9. The van der Waals surface area contributed by atoms with E-state index in [0.717, 1.165) is 10.9 Å². The molecule has 1 unspecified atom stereocenters. The molecule has 6 nitrogen and oxygen atoms in total. The Bertz CT molecular complexity index is 931. The van der Waals surface area contributed by atoms with Gasteiger partial charge in [-0.1, -0.05) is 12.1 Å². The fraction of sp³-hybridized carbons (Fsp3) is 0.300. The standard InChI is InChI=1S/C20H20F2N2O4S/c1-12-17(19(25)28-8-7-27-2)18(15-6-5-13(21)10-16(15)22)23-20(26)24(12)11-14-4-3-9-29-14/h3-6,9-10,18H,7-8,11H2,1-2H3,(H,23,26). The van der Waals surface area contributed by atoms with Crippen molar-refractivity contribution in [1.29, 1.82) is 0 Å². The van der Waals surface area contributed by atoms with Crippen molar-refractivity contribution in [3.63, 3.8) is 0 Å². The van der Waals surface area contributed by atoms with Gasteiger partial charge in [-0.2, -0.15) is 0 Å². The maximum Gasteiger partial charge on any atom is 0.338 e. The lowest BCUT2D eigenvalue weighted by molar-refractivity contribution is -0.140. The number of rotatable bonds is 7. The van der Waals surface area contributed by atoms with E-state index in [1.807, 2.05) is 17.5 Å². The van der Waals surface area contributed by atoms with Crippen molar-refractivity contribution in [1.82, 2.24) is 10.2 Å². The summed E-state index contributed by atoms with van der Waals surface area (Å²) in [6, 6.07) is 5.13. The Balaban J connectivity index is 2.01. The molecule has 0 spiro atoms. The molecule has 2 amide bonds. The molecule has 3 rings (SSSR count). The number of benzene rings is 1. The highest BCUT2D eigenvalue weighted by molar-refractivity contribution is 7.09. The van der Waals surface area contributed by atoms with Crippen molar-refractivity contribution in [2.75, 3.05) is 20.3 Å². The van der Waals surface area contributed by atoms with Crippen LogP contribution in [0.2, 0.25) is 0 Å². The maximum atomic E-state index is 14.4. The Kier molecular flexibility index (Phi) is 6.60. The average molecular weight is 422 g/mol. The van der Waals surface area contributed by atoms with E-state index in [1.165, 1.54) is 29.4 Å². The van der Waals surface area contributed by atoms with Crippen LogP contribution in [0.25, 0.3) is 0 Å². The van der Waals surface area contributed by atoms with Gasteiger partial charge in [-0.25, -0.2) is 18.4 Å². The highest BCUT2D eigenvalue weighted by Crippen LogP contribution is 2.33. The largest absolute Gasteiger partial charge is 0.460 e. The van der Waals surface area contributed by atoms with Gasteiger partial charge in [0.25, 0.3) is 0 Å². The Morgan fingerprint density at radius 2 is 2.07 bits per heavy atom. The van der Waals surface area contributed by atoms with E-state index < -0.39 is 29.7 Å². The highest BCUT2D eigenvalue weighted by atomic mass is 32.1. The minimum atomic E-state index is -1.10. The summed E-state index contributed by atoms with van der Waals surface area (Å²) < 4.78 is 37.9. The van der Waals surface area contributed by atoms with E-state index in [-0.39, 0.29) is 30.9 Å². The van der Waals surface area contributed by atoms with Gasteiger partial charge in [0.05, 0.1) is 24.8 Å². The molecule has 0 saturated heterocycles. The zero-order valence-corrected chi connectivity index (χ0v) is 16.7. The first-order valence-corrected chi connectivity index (χ1v) is 9.72. The average Bonchev–Trinajstić information content (AvgIpc) is 3.18. The van der Waals surface area contributed by atoms with E-state index >= 15 is 0 Å². The molecule has 154 valence electrons. The number of ether oxygens (including phenoxy) is 2. The lowest BCUT2D eigenvalue weighted by Gasteiger charge is -2.35. The molecule has 2 heterocycles. The van der Waals surface area contributed by atoms with Gasteiger partial charge >= 0.3 is 12.0 Å². The Morgan fingerprint density at radius 1 is 1.28 bits per heavy atom. The summed E-state index contributed by atoms with van der Waals surface area (Å²) in [5.74, 6) is -2.32. The molecular weight excluding hydrogens is 402 g/mol. The number of methoxy groups -OCH3 is 1. The normalized spacial score (nSPS) is 16.8. The fourth-order valence-corrected chi connectivity index (χ4v) is 3.75. The molecule has 0 fully saturated rings. The number of nitrogens with one attached hydrogen (secondary N) is 1. The number of nitrogens with zero attached hydrogens (tertiary/aromatic N) is 1. The van der Waals surface area contributed by atoms with Crippen molar-refractivity contribution in [3.8, 4) is 0 Å². The summed E-state index contributed by atoms with van der Waals surface area (Å²) in [4.78, 5) is 27.8. The number of carbonyl (C=O) groups is 2. The molecule has 29 heavy (non-hydrogen) atoms. The monoisotopic (exact) mass is 422 g/mol. The number of thiophene rings is 1. The summed E-state index contributed by atoms with van der Waals surface area (Å²) in [6.07, 6.45) is 0. The van der Waals surface area contributed by atoms with E-state index in [4.69, 9.17) is 9.47 Å². The summed E-state index contributed by atoms with van der Waals surface area (Å²) >= 11 is 1.47. The molecule has 9 heteroatoms. The molecule has 2 aromatic rings. The third kappa shape index (κ3) is 4.63. The van der Waals surface area contributed by atoms with Crippen LogP contribution in [0.4, 0.5) is 13.6 Å². The van der Waals surface area contributed by atoms with Gasteiger partial charge in [0.15, 0.2) is 0 Å². The lowest BCUT2D eigenvalue weighted by Crippen LogP contribution is -2.47. The smallest absolute Gasteiger partial charge is 0.338 e. The summed E-state index contributed by atoms with van der Waals surface area (Å²) in [5.41, 5.74) is 0.412. The van der Waals surface area contributed by atoms with E-state index in [9.17, 15) is 18.4 Å². The first kappa shape index (κ1) is 20.9. The first-order chi connectivity index (χ1) is 13.9. The molecular formula is C20H20F2N2O4S. The maximum absolute atomic E-state index is 14.4. The van der Waals surface area contributed by atoms with Crippen LogP contribution in [0.5, 0.6) is 0 Å². The number of hydrogen-bond acceptors (Lipinski definition) is 5. The predicted molar refractivity (Wildman–Crippen MR) is 103 cm³/mol. The summed E-state index contributed by atoms with van der Waals surface area (Å²) in [6.45, 7) is 2.05. The van der Waals surface area contributed by atoms with Crippen LogP contribution in [0.1, 0.15) is 23.4 Å². The molecule has 0 saturated carbocycles. The van der Waals surface area contributed by atoms with Gasteiger partial charge in [-0.15, -0.1) is 11.3 Å². The minimum Gasteiger partial charge on any atom is -0.460 e. The predicted octanol–water partition coefficient (Wildman–Crippen LogP) is 3.76. The number of urea groups is 1. The summed E-state index contributed by atoms with van der Waals surface area (Å²) in [5, 5.41) is 4.53. The zero-order chi connectivity index (χ0) is 21.0. The second-order valence-electron chi connectivity index (χ2n) is 6.34. The molecule has 1 aliphatic rings. The Labute approximate surface area is 170 Å². The third-order valence-corrected chi connectivity index (χ3v) is 5.37. The van der Waals surface area contributed by atoms with Crippen molar-refractivity contribution < 1.29 is 27.8 Å². The van der Waals surface area contributed by atoms with Crippen LogP contribution < -0.4 is 5.32 Å². The Morgan fingerprint density at radius 3 is 2.72 bits per heavy atom. The van der Waals surface area contributed by atoms with Gasteiger partial charge in [0, 0.05) is 29.3 Å². The second kappa shape index (κ2) is 9.15. The van der Waals surface area contributed by atoms with Gasteiger partial charge in [-0.3, -0.25) is 4.90 Å². The molecule has 1 aliphatic heterocycles. The molecule has 1 aromatic heterocycles. The molecule has 0 bridgehead atoms. The van der Waals surface area contributed by atoms with Crippen LogP contribution in [0, 0.1) is 11.6 Å². The fourth-order valence-electron chi connectivity index (χ4n) is 3.06. The minimum absolute atomic E-state index is 0.00358. The number of halogens is 2. The number of esters is 1.